The molecule has 4 rings (SSSR count). The molecule has 12 heteroatoms. The van der Waals surface area contributed by atoms with E-state index in [0.29, 0.717) is 47.1 Å². The van der Waals surface area contributed by atoms with Crippen molar-refractivity contribution < 1.29 is 22.7 Å². The summed E-state index contributed by atoms with van der Waals surface area (Å²) < 4.78 is 32.1. The van der Waals surface area contributed by atoms with Crippen LogP contribution in [0.1, 0.15) is 70.3 Å². The number of aryl methyl sites for hydroxylation is 2. The zero-order valence-electron chi connectivity index (χ0n) is 24.3. The molecule has 0 aliphatic heterocycles. The van der Waals surface area contributed by atoms with E-state index in [1.165, 1.54) is 25.2 Å². The molecule has 3 N–H and O–H groups in total. The number of hydrogen-bond donors (Lipinski definition) is 2. The molecule has 1 aliphatic carbocycles. The number of pyridine rings is 1. The summed E-state index contributed by atoms with van der Waals surface area (Å²) in [6.07, 6.45) is 6.25. The summed E-state index contributed by atoms with van der Waals surface area (Å²) in [6, 6.07) is 11.7. The second-order valence-corrected chi connectivity index (χ2v) is 14.5. The Hall–Kier alpha value is -3.61. The van der Waals surface area contributed by atoms with Crippen molar-refractivity contribution in [2.24, 2.45) is 5.73 Å². The van der Waals surface area contributed by atoms with Gasteiger partial charge in [0.1, 0.15) is 21.3 Å². The van der Waals surface area contributed by atoms with Crippen LogP contribution in [0, 0.1) is 6.92 Å². The fourth-order valence-electron chi connectivity index (χ4n) is 4.59. The summed E-state index contributed by atoms with van der Waals surface area (Å²) >= 11 is 1.25. The van der Waals surface area contributed by atoms with Crippen LogP contribution in [0.25, 0.3) is 6.08 Å². The minimum Gasteiger partial charge on any atom is -0.495 e. The Morgan fingerprint density at radius 1 is 1.26 bits per heavy atom. The number of benzene rings is 1. The first kappa shape index (κ1) is 31.3. The number of hydrogen-bond acceptors (Lipinski definition) is 9. The van der Waals surface area contributed by atoms with E-state index in [2.05, 4.69) is 28.7 Å². The van der Waals surface area contributed by atoms with Crippen molar-refractivity contribution in [3.63, 3.8) is 0 Å². The first-order chi connectivity index (χ1) is 19.8. The van der Waals surface area contributed by atoms with Crippen LogP contribution in [0.3, 0.4) is 0 Å². The van der Waals surface area contributed by atoms with Crippen molar-refractivity contribution in [2.75, 3.05) is 13.7 Å². The topological polar surface area (TPSA) is 145 Å². The summed E-state index contributed by atoms with van der Waals surface area (Å²) in [4.78, 5) is 36.6. The van der Waals surface area contributed by atoms with Gasteiger partial charge in [0.05, 0.1) is 31.0 Å². The van der Waals surface area contributed by atoms with Crippen LogP contribution in [0.2, 0.25) is 0 Å². The number of nitrogens with two attached hydrogens (primary N) is 1. The van der Waals surface area contributed by atoms with Crippen LogP contribution >= 0.6 is 11.3 Å². The lowest BCUT2D eigenvalue weighted by Gasteiger charge is -2.27. The highest BCUT2D eigenvalue weighted by Crippen LogP contribution is 2.49. The van der Waals surface area contributed by atoms with E-state index in [0.717, 1.165) is 17.5 Å². The summed E-state index contributed by atoms with van der Waals surface area (Å²) in [6.45, 7) is 8.76. The maximum Gasteiger partial charge on any atom is 0.284 e. The maximum absolute atomic E-state index is 14.1. The zero-order valence-corrected chi connectivity index (χ0v) is 26.0. The average molecular weight is 612 g/mol. The van der Waals surface area contributed by atoms with Gasteiger partial charge in [-0.25, -0.2) is 18.1 Å². The molecule has 2 heterocycles. The molecule has 1 saturated carbocycles. The lowest BCUT2D eigenvalue weighted by Crippen LogP contribution is -2.50. The maximum atomic E-state index is 14.1. The number of methoxy groups -OCH3 is 1. The predicted octanol–water partition coefficient (Wildman–Crippen LogP) is 3.95. The lowest BCUT2D eigenvalue weighted by molar-refractivity contribution is -0.134. The number of rotatable bonds is 13. The van der Waals surface area contributed by atoms with E-state index in [1.807, 2.05) is 22.9 Å². The van der Waals surface area contributed by atoms with Gasteiger partial charge in [-0.1, -0.05) is 36.9 Å². The lowest BCUT2D eigenvalue weighted by atomic mass is 9.99. The van der Waals surface area contributed by atoms with E-state index >= 15 is 0 Å². The summed E-state index contributed by atoms with van der Waals surface area (Å²) in [5, 5.41) is 0.530. The Morgan fingerprint density at radius 2 is 2.00 bits per heavy atom. The normalized spacial score (nSPS) is 14.2. The third kappa shape index (κ3) is 6.88. The third-order valence-electron chi connectivity index (χ3n) is 7.29. The molecule has 42 heavy (non-hydrogen) atoms. The van der Waals surface area contributed by atoms with Crippen LogP contribution in [0.5, 0.6) is 5.75 Å². The third-order valence-corrected chi connectivity index (χ3v) is 10.1. The molecule has 1 aromatic carbocycles. The second-order valence-electron chi connectivity index (χ2n) is 11.0. The summed E-state index contributed by atoms with van der Waals surface area (Å²) in [7, 11) is -2.56. The minimum atomic E-state index is -4.12. The van der Waals surface area contributed by atoms with Crippen molar-refractivity contribution in [2.45, 2.75) is 63.3 Å². The molecule has 1 aliphatic rings. The van der Waals surface area contributed by atoms with E-state index in [9.17, 15) is 18.0 Å². The molecule has 0 spiro atoms. The van der Waals surface area contributed by atoms with Gasteiger partial charge < -0.3 is 15.4 Å². The Kier molecular flexibility index (Phi) is 9.19. The van der Waals surface area contributed by atoms with Gasteiger partial charge in [0.15, 0.2) is 0 Å². The first-order valence-corrected chi connectivity index (χ1v) is 15.9. The van der Waals surface area contributed by atoms with Crippen LogP contribution in [0.4, 0.5) is 0 Å². The quantitative estimate of drug-likeness (QED) is 0.296. The number of ether oxygens (including phenoxy) is 1. The SMILES string of the molecule is C=Cc1cccc(CCCN(Cc2nc(C(=O)NS(=O)(=O)C(C)(C)N)c(C)s2)C(=O)C2(c3ccc(OC)cn3)CC2)c1. The standard InChI is InChI=1S/C30H37N5O5S2/c1-6-21-9-7-10-22(17-21)11-8-16-35(28(37)30(14-15-30)24-13-12-23(40-5)18-32-24)19-25-33-26(20(2)41-25)27(36)34-42(38,39)29(3,4)31/h6-7,9-10,12-13,17-18H,1,8,11,14-16,19,31H2,2-5H3,(H,34,36). The highest BCUT2D eigenvalue weighted by Gasteiger charge is 2.54. The Bertz CT molecular complexity index is 1570. The van der Waals surface area contributed by atoms with E-state index in [1.54, 1.807) is 37.3 Å². The Labute approximate surface area is 251 Å². The first-order valence-electron chi connectivity index (χ1n) is 13.6. The highest BCUT2D eigenvalue weighted by atomic mass is 32.2. The number of nitrogens with zero attached hydrogens (tertiary/aromatic N) is 3. The van der Waals surface area contributed by atoms with Gasteiger partial charge in [0.2, 0.25) is 5.91 Å². The van der Waals surface area contributed by atoms with Gasteiger partial charge in [-0.05, 0) is 69.7 Å². The molecular weight excluding hydrogens is 574 g/mol. The molecule has 1 fully saturated rings. The largest absolute Gasteiger partial charge is 0.495 e. The zero-order chi connectivity index (χ0) is 30.7. The fraction of sp³-hybridized carbons (Fsp3) is 0.400. The number of thiazole rings is 1. The molecular formula is C30H37N5O5S2. The molecule has 0 radical (unpaired) electrons. The summed E-state index contributed by atoms with van der Waals surface area (Å²) in [5.74, 6) is -0.286. The molecule has 2 amide bonds. The van der Waals surface area contributed by atoms with Crippen molar-refractivity contribution in [1.82, 2.24) is 19.6 Å². The Morgan fingerprint density at radius 3 is 2.60 bits per heavy atom. The van der Waals surface area contributed by atoms with E-state index in [4.69, 9.17) is 10.5 Å². The van der Waals surface area contributed by atoms with Crippen molar-refractivity contribution in [3.8, 4) is 5.75 Å². The number of aromatic nitrogens is 2. The minimum absolute atomic E-state index is 0.00517. The van der Waals surface area contributed by atoms with E-state index in [-0.39, 0.29) is 18.1 Å². The predicted molar refractivity (Wildman–Crippen MR) is 163 cm³/mol. The number of carbonyl (C=O) groups excluding carboxylic acids is 2. The smallest absolute Gasteiger partial charge is 0.284 e. The number of sulfonamides is 1. The van der Waals surface area contributed by atoms with Crippen LogP contribution in [0.15, 0.2) is 49.2 Å². The van der Waals surface area contributed by atoms with E-state index < -0.39 is 26.2 Å². The highest BCUT2D eigenvalue weighted by molar-refractivity contribution is 7.91. The fourth-order valence-corrected chi connectivity index (χ4v) is 6.14. The molecule has 2 aromatic heterocycles. The van der Waals surface area contributed by atoms with Gasteiger partial charge in [-0.15, -0.1) is 11.3 Å². The van der Waals surface area contributed by atoms with Crippen LogP contribution in [-0.2, 0) is 33.2 Å². The molecule has 224 valence electrons. The van der Waals surface area contributed by atoms with Gasteiger partial charge in [-0.2, -0.15) is 0 Å². The Balaban J connectivity index is 1.56. The number of amides is 2. The van der Waals surface area contributed by atoms with Gasteiger partial charge >= 0.3 is 0 Å². The van der Waals surface area contributed by atoms with Crippen molar-refractivity contribution >= 4 is 39.3 Å². The second kappa shape index (κ2) is 12.3. The molecule has 0 unspecified atom stereocenters. The molecule has 10 nitrogen and oxygen atoms in total. The van der Waals surface area contributed by atoms with Crippen molar-refractivity contribution in [3.05, 3.63) is 81.6 Å². The number of nitrogens with one attached hydrogen (secondary N) is 1. The van der Waals surface area contributed by atoms with Crippen LogP contribution in [-0.4, -0.2) is 53.6 Å². The average Bonchev–Trinajstić information content (AvgIpc) is 3.68. The van der Waals surface area contributed by atoms with Crippen LogP contribution < -0.4 is 15.2 Å². The number of carbonyl (C=O) groups is 2. The van der Waals surface area contributed by atoms with Gasteiger partial charge in [-0.3, -0.25) is 14.6 Å². The summed E-state index contributed by atoms with van der Waals surface area (Å²) in [5.41, 5.74) is 7.87. The monoisotopic (exact) mass is 611 g/mol. The molecule has 3 aromatic rings. The molecule has 0 bridgehead atoms. The molecule has 0 atom stereocenters. The van der Waals surface area contributed by atoms with Gasteiger partial charge in [0, 0.05) is 11.4 Å². The van der Waals surface area contributed by atoms with Gasteiger partial charge in [0.25, 0.3) is 15.9 Å². The molecule has 0 saturated heterocycles. The van der Waals surface area contributed by atoms with Crippen molar-refractivity contribution in [1.29, 1.82) is 0 Å².